The highest BCUT2D eigenvalue weighted by molar-refractivity contribution is 5.79. The molecule has 6 heteroatoms. The van der Waals surface area contributed by atoms with E-state index in [2.05, 4.69) is 27.2 Å². The number of rotatable bonds is 4. The fraction of sp³-hybridized carbons (Fsp3) is 0.250. The molecule has 0 saturated heterocycles. The topological polar surface area (TPSA) is 77.8 Å². The normalized spacial score (nSPS) is 11.5. The number of pyridine rings is 2. The van der Waals surface area contributed by atoms with E-state index < -0.39 is 0 Å². The third-order valence-corrected chi connectivity index (χ3v) is 3.79. The van der Waals surface area contributed by atoms with Crippen LogP contribution in [0.2, 0.25) is 0 Å². The smallest absolute Gasteiger partial charge is 0.185 e. The first-order valence-corrected chi connectivity index (χ1v) is 7.26. The van der Waals surface area contributed by atoms with Crippen molar-refractivity contribution < 1.29 is 9.05 Å². The predicted molar refractivity (Wildman–Crippen MR) is 80.4 cm³/mol. The van der Waals surface area contributed by atoms with Crippen LogP contribution in [0.15, 0.2) is 39.8 Å². The van der Waals surface area contributed by atoms with E-state index in [0.29, 0.717) is 5.58 Å². The summed E-state index contributed by atoms with van der Waals surface area (Å²) in [5, 5.41) is 10.2. The van der Waals surface area contributed by atoms with Gasteiger partial charge in [-0.15, -0.1) is 0 Å². The van der Waals surface area contributed by atoms with Gasteiger partial charge in [0, 0.05) is 29.5 Å². The van der Waals surface area contributed by atoms with Crippen LogP contribution in [0.3, 0.4) is 0 Å². The van der Waals surface area contributed by atoms with E-state index in [4.69, 9.17) is 9.05 Å². The third kappa shape index (κ3) is 2.13. The minimum Gasteiger partial charge on any atom is -0.356 e. The summed E-state index contributed by atoms with van der Waals surface area (Å²) in [5.74, 6) is 0. The van der Waals surface area contributed by atoms with E-state index >= 15 is 0 Å². The summed E-state index contributed by atoms with van der Waals surface area (Å²) >= 11 is 0. The van der Waals surface area contributed by atoms with Crippen LogP contribution in [0.4, 0.5) is 0 Å². The van der Waals surface area contributed by atoms with Crippen LogP contribution in [0.1, 0.15) is 24.0 Å². The fourth-order valence-corrected chi connectivity index (χ4v) is 2.59. The van der Waals surface area contributed by atoms with E-state index in [1.54, 1.807) is 12.4 Å². The molecule has 0 fully saturated rings. The molecule has 0 aromatic carbocycles. The average molecular weight is 294 g/mol. The molecule has 4 aromatic rings. The average Bonchev–Trinajstić information content (AvgIpc) is 3.16. The summed E-state index contributed by atoms with van der Waals surface area (Å²) in [7, 11) is 0. The maximum Gasteiger partial charge on any atom is 0.185 e. The second-order valence-corrected chi connectivity index (χ2v) is 5.16. The highest BCUT2D eigenvalue weighted by Crippen LogP contribution is 2.21. The van der Waals surface area contributed by atoms with E-state index in [-0.39, 0.29) is 0 Å². The Morgan fingerprint density at radius 1 is 0.955 bits per heavy atom. The van der Waals surface area contributed by atoms with Crippen molar-refractivity contribution >= 4 is 21.9 Å². The molecule has 0 unspecified atom stereocenters. The second-order valence-electron chi connectivity index (χ2n) is 5.16. The molecule has 0 atom stereocenters. The van der Waals surface area contributed by atoms with E-state index in [1.807, 2.05) is 18.3 Å². The fourth-order valence-electron chi connectivity index (χ4n) is 2.59. The highest BCUT2D eigenvalue weighted by atomic mass is 16.5. The minimum absolute atomic E-state index is 0.712. The molecule has 0 amide bonds. The van der Waals surface area contributed by atoms with Crippen LogP contribution in [-0.2, 0) is 19.3 Å². The lowest BCUT2D eigenvalue weighted by molar-refractivity contribution is 0.444. The number of aromatic nitrogens is 4. The van der Waals surface area contributed by atoms with Gasteiger partial charge in [0.15, 0.2) is 11.2 Å². The molecule has 0 saturated carbocycles. The van der Waals surface area contributed by atoms with E-state index in [1.165, 1.54) is 0 Å². The first-order valence-electron chi connectivity index (χ1n) is 7.26. The van der Waals surface area contributed by atoms with Crippen molar-refractivity contribution in [2.75, 3.05) is 0 Å². The van der Waals surface area contributed by atoms with Gasteiger partial charge in [-0.2, -0.15) is 0 Å². The number of aryl methyl sites for hydroxylation is 3. The van der Waals surface area contributed by atoms with Gasteiger partial charge in [-0.05, 0) is 25.3 Å². The molecule has 4 aromatic heterocycles. The predicted octanol–water partition coefficient (Wildman–Crippen LogP) is 3.11. The Bertz CT molecular complexity index is 942. The Balaban J connectivity index is 1.58. The van der Waals surface area contributed by atoms with Crippen molar-refractivity contribution in [3.8, 4) is 0 Å². The van der Waals surface area contributed by atoms with Gasteiger partial charge in [-0.1, -0.05) is 17.2 Å². The van der Waals surface area contributed by atoms with Gasteiger partial charge in [-0.25, -0.2) is 0 Å². The zero-order valence-electron chi connectivity index (χ0n) is 12.1. The minimum atomic E-state index is 0.712. The molecule has 0 bridgehead atoms. The molecule has 0 aliphatic carbocycles. The first-order chi connectivity index (χ1) is 10.8. The SMILES string of the molecule is CCc1noc2cc(CCc3noc4cnccc34)ncc12. The summed E-state index contributed by atoms with van der Waals surface area (Å²) in [6.07, 6.45) is 7.62. The number of hydrogen-bond acceptors (Lipinski definition) is 6. The lowest BCUT2D eigenvalue weighted by atomic mass is 10.1. The Morgan fingerprint density at radius 2 is 1.82 bits per heavy atom. The van der Waals surface area contributed by atoms with Gasteiger partial charge in [0.2, 0.25) is 0 Å². The molecular formula is C16H14N4O2. The quantitative estimate of drug-likeness (QED) is 0.575. The summed E-state index contributed by atoms with van der Waals surface area (Å²) in [6, 6.07) is 3.87. The standard InChI is InChI=1S/C16H14N4O2/c1-2-13-12-8-18-10(7-15(12)21-19-13)3-4-14-11-5-6-17-9-16(11)22-20-14/h5-9H,2-4H2,1H3. The molecule has 0 spiro atoms. The molecule has 110 valence electrons. The third-order valence-electron chi connectivity index (χ3n) is 3.79. The molecule has 0 aliphatic rings. The number of fused-ring (bicyclic) bond motifs is 2. The molecular weight excluding hydrogens is 280 g/mol. The van der Waals surface area contributed by atoms with E-state index in [9.17, 15) is 0 Å². The van der Waals surface area contributed by atoms with Crippen molar-refractivity contribution in [2.24, 2.45) is 0 Å². The van der Waals surface area contributed by atoms with Crippen molar-refractivity contribution in [1.29, 1.82) is 0 Å². The van der Waals surface area contributed by atoms with Gasteiger partial charge in [0.05, 0.1) is 23.0 Å². The van der Waals surface area contributed by atoms with Crippen LogP contribution in [0, 0.1) is 0 Å². The molecule has 22 heavy (non-hydrogen) atoms. The van der Waals surface area contributed by atoms with Crippen LogP contribution in [0.5, 0.6) is 0 Å². The number of hydrogen-bond donors (Lipinski definition) is 0. The Kier molecular flexibility index (Phi) is 3.07. The molecule has 0 radical (unpaired) electrons. The van der Waals surface area contributed by atoms with Crippen LogP contribution >= 0.6 is 0 Å². The van der Waals surface area contributed by atoms with Gasteiger partial charge in [0.1, 0.15) is 0 Å². The monoisotopic (exact) mass is 294 g/mol. The van der Waals surface area contributed by atoms with Crippen molar-refractivity contribution in [2.45, 2.75) is 26.2 Å². The lowest BCUT2D eigenvalue weighted by Gasteiger charge is -1.98. The van der Waals surface area contributed by atoms with Crippen LogP contribution in [0.25, 0.3) is 21.9 Å². The largest absolute Gasteiger partial charge is 0.356 e. The first kappa shape index (κ1) is 12.9. The summed E-state index contributed by atoms with van der Waals surface area (Å²) in [6.45, 7) is 2.05. The zero-order valence-corrected chi connectivity index (χ0v) is 12.1. The molecule has 4 heterocycles. The Hall–Kier alpha value is -2.76. The van der Waals surface area contributed by atoms with Gasteiger partial charge in [-0.3, -0.25) is 9.97 Å². The molecule has 0 aliphatic heterocycles. The summed E-state index contributed by atoms with van der Waals surface area (Å²) in [4.78, 5) is 8.52. The van der Waals surface area contributed by atoms with Crippen molar-refractivity contribution in [3.05, 3.63) is 47.8 Å². The van der Waals surface area contributed by atoms with Crippen LogP contribution < -0.4 is 0 Å². The zero-order chi connectivity index (χ0) is 14.9. The lowest BCUT2D eigenvalue weighted by Crippen LogP contribution is -1.95. The molecule has 6 nitrogen and oxygen atoms in total. The Labute approximate surface area is 126 Å². The van der Waals surface area contributed by atoms with Gasteiger partial charge < -0.3 is 9.05 Å². The number of nitrogens with zero attached hydrogens (tertiary/aromatic N) is 4. The molecule has 0 N–H and O–H groups in total. The maximum absolute atomic E-state index is 5.36. The summed E-state index contributed by atoms with van der Waals surface area (Å²) < 4.78 is 10.6. The summed E-state index contributed by atoms with van der Waals surface area (Å²) in [5.41, 5.74) is 4.33. The van der Waals surface area contributed by atoms with Crippen molar-refractivity contribution in [1.82, 2.24) is 20.3 Å². The van der Waals surface area contributed by atoms with Crippen LogP contribution in [-0.4, -0.2) is 20.3 Å². The highest BCUT2D eigenvalue weighted by Gasteiger charge is 2.11. The molecule has 4 rings (SSSR count). The second kappa shape index (κ2) is 5.22. The van der Waals surface area contributed by atoms with Crippen molar-refractivity contribution in [3.63, 3.8) is 0 Å². The van der Waals surface area contributed by atoms with E-state index in [0.717, 1.165) is 52.7 Å². The van der Waals surface area contributed by atoms with Gasteiger partial charge >= 0.3 is 0 Å². The van der Waals surface area contributed by atoms with Gasteiger partial charge in [0.25, 0.3) is 0 Å². The Morgan fingerprint density at radius 3 is 2.73 bits per heavy atom. The maximum atomic E-state index is 5.36.